The summed E-state index contributed by atoms with van der Waals surface area (Å²) in [5.41, 5.74) is 2.71. The fraction of sp³-hybridized carbons (Fsp3) is 0.250. The average molecular weight is 327 g/mol. The maximum atomic E-state index is 12.5. The zero-order valence-corrected chi connectivity index (χ0v) is 13.3. The molecule has 0 fully saturated rings. The Balaban J connectivity index is 1.79. The van der Waals surface area contributed by atoms with E-state index >= 15 is 0 Å². The number of aromatic nitrogens is 4. The van der Waals surface area contributed by atoms with Gasteiger partial charge in [0.2, 0.25) is 0 Å². The highest BCUT2D eigenvalue weighted by Gasteiger charge is 2.23. The first-order valence-corrected chi connectivity index (χ1v) is 7.39. The largest absolute Gasteiger partial charge is 0.467 e. The van der Waals surface area contributed by atoms with E-state index in [0.29, 0.717) is 5.56 Å². The molecule has 24 heavy (non-hydrogen) atoms. The topological polar surface area (TPSA) is 113 Å². The molecule has 1 atom stereocenters. The molecule has 3 aromatic rings. The zero-order valence-electron chi connectivity index (χ0n) is 13.3. The van der Waals surface area contributed by atoms with Gasteiger partial charge in [0.15, 0.2) is 0 Å². The van der Waals surface area contributed by atoms with Crippen LogP contribution in [-0.4, -0.2) is 45.0 Å². The van der Waals surface area contributed by atoms with Gasteiger partial charge in [-0.2, -0.15) is 0 Å². The summed E-state index contributed by atoms with van der Waals surface area (Å²) in [6, 6.07) is 4.33. The number of ether oxygens (including phenoxy) is 1. The monoisotopic (exact) mass is 327 g/mol. The number of aryl methyl sites for hydroxylation is 1. The molecule has 0 aliphatic heterocycles. The Labute approximate surface area is 137 Å². The van der Waals surface area contributed by atoms with Crippen LogP contribution in [0, 0.1) is 6.92 Å². The molecular weight excluding hydrogens is 310 g/mol. The van der Waals surface area contributed by atoms with Crippen LogP contribution in [0.3, 0.4) is 0 Å². The highest BCUT2D eigenvalue weighted by Crippen LogP contribution is 2.14. The molecule has 8 nitrogen and oxygen atoms in total. The molecule has 1 amide bonds. The number of benzene rings is 1. The van der Waals surface area contributed by atoms with Gasteiger partial charge in [0.1, 0.15) is 11.9 Å². The van der Waals surface area contributed by atoms with E-state index in [1.807, 2.05) is 6.92 Å². The number of hydrogen-bond acceptors (Lipinski definition) is 5. The van der Waals surface area contributed by atoms with Crippen LogP contribution < -0.4 is 5.32 Å². The zero-order chi connectivity index (χ0) is 17.1. The van der Waals surface area contributed by atoms with Crippen molar-refractivity contribution < 1.29 is 14.3 Å². The van der Waals surface area contributed by atoms with Crippen molar-refractivity contribution in [1.82, 2.24) is 25.3 Å². The van der Waals surface area contributed by atoms with Gasteiger partial charge in [0, 0.05) is 23.9 Å². The van der Waals surface area contributed by atoms with Crippen LogP contribution in [-0.2, 0) is 16.0 Å². The van der Waals surface area contributed by atoms with Gasteiger partial charge in [0.05, 0.1) is 24.5 Å². The minimum Gasteiger partial charge on any atom is -0.467 e. The third-order valence-electron chi connectivity index (χ3n) is 3.63. The van der Waals surface area contributed by atoms with E-state index in [4.69, 9.17) is 4.74 Å². The van der Waals surface area contributed by atoms with E-state index in [2.05, 4.69) is 25.3 Å². The van der Waals surface area contributed by atoms with E-state index < -0.39 is 12.0 Å². The predicted molar refractivity (Wildman–Crippen MR) is 86.4 cm³/mol. The van der Waals surface area contributed by atoms with Crippen LogP contribution >= 0.6 is 0 Å². The summed E-state index contributed by atoms with van der Waals surface area (Å²) in [4.78, 5) is 38.6. The first-order chi connectivity index (χ1) is 11.6. The highest BCUT2D eigenvalue weighted by molar-refractivity contribution is 5.99. The van der Waals surface area contributed by atoms with Crippen LogP contribution in [0.25, 0.3) is 11.0 Å². The second kappa shape index (κ2) is 6.53. The predicted octanol–water partition coefficient (Wildman–Crippen LogP) is 1.11. The molecule has 0 radical (unpaired) electrons. The van der Waals surface area contributed by atoms with Gasteiger partial charge >= 0.3 is 5.97 Å². The number of nitrogens with zero attached hydrogens (tertiary/aromatic N) is 2. The van der Waals surface area contributed by atoms with Crippen LogP contribution in [0.1, 0.15) is 21.9 Å². The lowest BCUT2D eigenvalue weighted by atomic mass is 10.1. The molecule has 3 N–H and O–H groups in total. The summed E-state index contributed by atoms with van der Waals surface area (Å²) >= 11 is 0. The Kier molecular flexibility index (Phi) is 4.28. The number of hydrogen-bond donors (Lipinski definition) is 3. The molecule has 0 unspecified atom stereocenters. The van der Waals surface area contributed by atoms with Gasteiger partial charge < -0.3 is 20.0 Å². The average Bonchev–Trinajstić information content (AvgIpc) is 3.20. The lowest BCUT2D eigenvalue weighted by Crippen LogP contribution is -2.43. The molecule has 2 heterocycles. The Hall–Kier alpha value is -3.16. The van der Waals surface area contributed by atoms with Gasteiger partial charge in [-0.05, 0) is 25.1 Å². The van der Waals surface area contributed by atoms with Crippen molar-refractivity contribution in [3.8, 4) is 0 Å². The summed E-state index contributed by atoms with van der Waals surface area (Å²) in [7, 11) is 1.29. The first-order valence-electron chi connectivity index (χ1n) is 7.39. The molecule has 0 aliphatic carbocycles. The van der Waals surface area contributed by atoms with Crippen molar-refractivity contribution in [2.75, 3.05) is 7.11 Å². The van der Waals surface area contributed by atoms with Crippen LogP contribution in [0.5, 0.6) is 0 Å². The quantitative estimate of drug-likeness (QED) is 0.608. The number of amides is 1. The molecular formula is C16H17N5O3. The van der Waals surface area contributed by atoms with Crippen molar-refractivity contribution >= 4 is 22.9 Å². The molecule has 0 saturated heterocycles. The van der Waals surface area contributed by atoms with Crippen molar-refractivity contribution in [3.63, 3.8) is 0 Å². The molecule has 124 valence electrons. The van der Waals surface area contributed by atoms with Crippen LogP contribution in [0.4, 0.5) is 0 Å². The van der Waals surface area contributed by atoms with Gasteiger partial charge in [-0.3, -0.25) is 4.79 Å². The van der Waals surface area contributed by atoms with Crippen LogP contribution in [0.2, 0.25) is 0 Å². The number of esters is 1. The SMILES string of the molecule is COC(=O)[C@@H](Cc1cnc[nH]1)NC(=O)c1ccc2nc(C)[nH]c2c1. The van der Waals surface area contributed by atoms with Crippen molar-refractivity contribution in [1.29, 1.82) is 0 Å². The Bertz CT molecular complexity index is 869. The van der Waals surface area contributed by atoms with E-state index in [-0.39, 0.29) is 12.3 Å². The number of imidazole rings is 2. The fourth-order valence-electron chi connectivity index (χ4n) is 2.47. The summed E-state index contributed by atoms with van der Waals surface area (Å²) in [5, 5.41) is 2.70. The Morgan fingerprint density at radius 3 is 2.92 bits per heavy atom. The molecule has 2 aromatic heterocycles. The summed E-state index contributed by atoms with van der Waals surface area (Å²) in [6.45, 7) is 1.84. The molecule has 0 spiro atoms. The maximum Gasteiger partial charge on any atom is 0.328 e. The van der Waals surface area contributed by atoms with Gasteiger partial charge in [-0.1, -0.05) is 0 Å². The number of nitrogens with one attached hydrogen (secondary N) is 3. The number of carbonyl (C=O) groups excluding carboxylic acids is 2. The lowest BCUT2D eigenvalue weighted by molar-refractivity contribution is -0.142. The van der Waals surface area contributed by atoms with Gasteiger partial charge in [-0.15, -0.1) is 0 Å². The molecule has 0 bridgehead atoms. The minimum atomic E-state index is -0.804. The molecule has 1 aromatic carbocycles. The number of rotatable bonds is 5. The number of methoxy groups -OCH3 is 1. The second-order valence-electron chi connectivity index (χ2n) is 5.38. The van der Waals surface area contributed by atoms with Gasteiger partial charge in [-0.25, -0.2) is 14.8 Å². The maximum absolute atomic E-state index is 12.5. The highest BCUT2D eigenvalue weighted by atomic mass is 16.5. The van der Waals surface area contributed by atoms with Crippen molar-refractivity contribution in [3.05, 3.63) is 47.8 Å². The van der Waals surface area contributed by atoms with Gasteiger partial charge in [0.25, 0.3) is 5.91 Å². The van der Waals surface area contributed by atoms with E-state index in [0.717, 1.165) is 22.6 Å². The smallest absolute Gasteiger partial charge is 0.328 e. The molecule has 0 saturated carbocycles. The number of fused-ring (bicyclic) bond motifs is 1. The molecule has 8 heteroatoms. The molecule has 0 aliphatic rings. The number of H-pyrrole nitrogens is 2. The normalized spacial score (nSPS) is 12.1. The number of aromatic amines is 2. The van der Waals surface area contributed by atoms with E-state index in [1.54, 1.807) is 24.4 Å². The molecule has 3 rings (SSSR count). The Morgan fingerprint density at radius 1 is 1.38 bits per heavy atom. The van der Waals surface area contributed by atoms with E-state index in [9.17, 15) is 9.59 Å². The summed E-state index contributed by atoms with van der Waals surface area (Å²) < 4.78 is 4.77. The first kappa shape index (κ1) is 15.7. The van der Waals surface area contributed by atoms with Crippen molar-refractivity contribution in [2.45, 2.75) is 19.4 Å². The summed E-state index contributed by atoms with van der Waals surface area (Å²) in [6.07, 6.45) is 3.38. The third kappa shape index (κ3) is 3.27. The summed E-state index contributed by atoms with van der Waals surface area (Å²) in [5.74, 6) is -0.107. The minimum absolute atomic E-state index is 0.268. The third-order valence-corrected chi connectivity index (χ3v) is 3.63. The number of carbonyl (C=O) groups is 2. The van der Waals surface area contributed by atoms with E-state index in [1.165, 1.54) is 13.4 Å². The fourth-order valence-corrected chi connectivity index (χ4v) is 2.47. The second-order valence-corrected chi connectivity index (χ2v) is 5.38. The van der Waals surface area contributed by atoms with Crippen LogP contribution in [0.15, 0.2) is 30.7 Å². The standard InChI is InChI=1S/C16H17N5O3/c1-9-19-12-4-3-10(5-13(12)20-9)15(22)21-14(16(23)24-2)6-11-7-17-8-18-11/h3-5,7-8,14H,6H2,1-2H3,(H,17,18)(H,19,20)(H,21,22)/t14-/m1/s1. The Morgan fingerprint density at radius 2 is 2.21 bits per heavy atom. The lowest BCUT2D eigenvalue weighted by Gasteiger charge is -2.15. The van der Waals surface area contributed by atoms with Crippen molar-refractivity contribution in [2.24, 2.45) is 0 Å².